The van der Waals surface area contributed by atoms with E-state index in [4.69, 9.17) is 22.9 Å². The maximum Gasteiger partial charge on any atom is 0.304 e. The Hall–Kier alpha value is -2.32. The first-order valence-corrected chi connectivity index (χ1v) is 5.74. The van der Waals surface area contributed by atoms with Gasteiger partial charge in [0.25, 0.3) is 11.1 Å². The zero-order valence-electron chi connectivity index (χ0n) is 9.94. The van der Waals surface area contributed by atoms with Gasteiger partial charge in [0.1, 0.15) is 0 Å². The van der Waals surface area contributed by atoms with Crippen LogP contribution in [0, 0.1) is 6.57 Å². The molecular weight excluding hydrogens is 268 g/mol. The number of halogens is 1. The molecule has 96 valence electrons. The summed E-state index contributed by atoms with van der Waals surface area (Å²) in [6, 6.07) is 6.76. The Morgan fingerprint density at radius 3 is 2.84 bits per heavy atom. The van der Waals surface area contributed by atoms with Crippen LogP contribution in [0.15, 0.2) is 35.5 Å². The summed E-state index contributed by atoms with van der Waals surface area (Å²) in [5, 5.41) is 2.36. The van der Waals surface area contributed by atoms with Crippen molar-refractivity contribution in [3.8, 4) is 0 Å². The van der Waals surface area contributed by atoms with Crippen molar-refractivity contribution in [2.75, 3.05) is 5.32 Å². The molecule has 0 fully saturated rings. The Balaban J connectivity index is 2.65. The second kappa shape index (κ2) is 4.75. The molecule has 0 spiro atoms. The lowest BCUT2D eigenvalue weighted by Crippen LogP contribution is -2.37. The summed E-state index contributed by atoms with van der Waals surface area (Å²) in [6.07, 6.45) is 1.14. The molecule has 0 aliphatic carbocycles. The summed E-state index contributed by atoms with van der Waals surface area (Å²) < 4.78 is 5.15. The third kappa shape index (κ3) is 2.18. The quantitative estimate of drug-likeness (QED) is 0.513. The molecule has 6 heteroatoms. The average Bonchev–Trinajstić information content (AvgIpc) is 2.62. The molecule has 2 rings (SSSR count). The van der Waals surface area contributed by atoms with Gasteiger partial charge in [-0.1, -0.05) is 18.2 Å². The van der Waals surface area contributed by atoms with Crippen molar-refractivity contribution in [3.05, 3.63) is 52.5 Å². The number of para-hydroxylation sites is 1. The van der Waals surface area contributed by atoms with Crippen molar-refractivity contribution in [2.45, 2.75) is 12.5 Å². The van der Waals surface area contributed by atoms with Gasteiger partial charge in [-0.05, 0) is 12.1 Å². The van der Waals surface area contributed by atoms with E-state index in [2.05, 4.69) is 10.2 Å². The third-order valence-electron chi connectivity index (χ3n) is 2.65. The number of amides is 1. The molecule has 0 aromatic heterocycles. The van der Waals surface area contributed by atoms with Crippen molar-refractivity contribution in [1.29, 1.82) is 0 Å². The van der Waals surface area contributed by atoms with Crippen LogP contribution in [0.25, 0.3) is 4.85 Å². The molecule has 0 saturated heterocycles. The van der Waals surface area contributed by atoms with E-state index in [1.807, 2.05) is 0 Å². The highest BCUT2D eigenvalue weighted by molar-refractivity contribution is 6.31. The van der Waals surface area contributed by atoms with Crippen LogP contribution in [0.1, 0.15) is 12.5 Å². The van der Waals surface area contributed by atoms with Gasteiger partial charge in [0.2, 0.25) is 5.60 Å². The summed E-state index contributed by atoms with van der Waals surface area (Å²) in [6.45, 7) is 8.03. The number of anilines is 1. The number of carbonyl (C=O) groups is 2. The van der Waals surface area contributed by atoms with E-state index in [1.165, 1.54) is 6.92 Å². The number of rotatable bonds is 2. The summed E-state index contributed by atoms with van der Waals surface area (Å²) in [4.78, 5) is 26.4. The zero-order chi connectivity index (χ0) is 14.0. The summed E-state index contributed by atoms with van der Waals surface area (Å²) in [7, 11) is 0. The number of fused-ring (bicyclic) bond motifs is 1. The molecule has 5 nitrogen and oxygen atoms in total. The summed E-state index contributed by atoms with van der Waals surface area (Å²) >= 11 is 5.69. The Morgan fingerprint density at radius 1 is 1.53 bits per heavy atom. The SMILES string of the molecule is [C-]#[N+]/C(Cl)=C\C1(OC(C)=O)C(=O)Nc2ccccc21. The van der Waals surface area contributed by atoms with Crippen molar-refractivity contribution >= 4 is 29.2 Å². The average molecular weight is 277 g/mol. The van der Waals surface area contributed by atoms with Crippen LogP contribution in [0.4, 0.5) is 5.69 Å². The molecule has 1 atom stereocenters. The van der Waals surface area contributed by atoms with E-state index in [-0.39, 0.29) is 5.16 Å². The van der Waals surface area contributed by atoms with Crippen LogP contribution < -0.4 is 5.32 Å². The molecule has 19 heavy (non-hydrogen) atoms. The Kier molecular flexibility index (Phi) is 3.28. The fourth-order valence-electron chi connectivity index (χ4n) is 1.95. The predicted octanol–water partition coefficient (Wildman–Crippen LogP) is 2.40. The van der Waals surface area contributed by atoms with Gasteiger partial charge < -0.3 is 10.1 Å². The number of hydrogen-bond donors (Lipinski definition) is 1. The minimum Gasteiger partial charge on any atom is -0.441 e. The van der Waals surface area contributed by atoms with Gasteiger partial charge in [0.15, 0.2) is 0 Å². The first kappa shape index (κ1) is 13.1. The minimum absolute atomic E-state index is 0.242. The largest absolute Gasteiger partial charge is 0.441 e. The summed E-state index contributed by atoms with van der Waals surface area (Å²) in [5.41, 5.74) is -0.694. The van der Waals surface area contributed by atoms with E-state index in [1.54, 1.807) is 24.3 Å². The lowest BCUT2D eigenvalue weighted by atomic mass is 9.95. The first-order valence-electron chi connectivity index (χ1n) is 5.36. The monoisotopic (exact) mass is 276 g/mol. The van der Waals surface area contributed by atoms with Gasteiger partial charge in [-0.25, -0.2) is 4.85 Å². The van der Waals surface area contributed by atoms with Gasteiger partial charge in [0.05, 0.1) is 6.57 Å². The maximum absolute atomic E-state index is 12.1. The fraction of sp³-hybridized carbons (Fsp3) is 0.154. The van der Waals surface area contributed by atoms with Gasteiger partial charge >= 0.3 is 5.97 Å². The van der Waals surface area contributed by atoms with Crippen LogP contribution in [0.2, 0.25) is 0 Å². The molecule has 1 aromatic rings. The molecule has 0 radical (unpaired) electrons. The standard InChI is InChI=1S/C13H9ClN2O3/c1-8(17)19-13(7-11(14)15-2)9-5-3-4-6-10(9)16-12(13)18/h3-7H,1H3,(H,16,18)/b11-7-. The van der Waals surface area contributed by atoms with Crippen LogP contribution >= 0.6 is 11.6 Å². The molecule has 1 amide bonds. The van der Waals surface area contributed by atoms with Gasteiger partial charge in [0, 0.05) is 18.2 Å². The number of esters is 1. The molecule has 1 heterocycles. The highest BCUT2D eigenvalue weighted by atomic mass is 35.5. The molecule has 1 unspecified atom stereocenters. The predicted molar refractivity (Wildman–Crippen MR) is 69.1 cm³/mol. The van der Waals surface area contributed by atoms with Crippen LogP contribution in [-0.4, -0.2) is 11.9 Å². The molecule has 0 saturated carbocycles. The number of ether oxygens (including phenoxy) is 1. The van der Waals surface area contributed by atoms with Crippen LogP contribution in [0.3, 0.4) is 0 Å². The molecular formula is C13H9ClN2O3. The minimum atomic E-state index is -1.68. The highest BCUT2D eigenvalue weighted by Crippen LogP contribution is 2.41. The molecule has 1 aliphatic heterocycles. The van der Waals surface area contributed by atoms with Gasteiger partial charge in [-0.2, -0.15) is 0 Å². The first-order chi connectivity index (χ1) is 8.99. The van der Waals surface area contributed by atoms with Crippen LogP contribution in [0.5, 0.6) is 0 Å². The van der Waals surface area contributed by atoms with E-state index in [0.29, 0.717) is 11.3 Å². The lowest BCUT2D eigenvalue weighted by Gasteiger charge is -2.23. The number of benzene rings is 1. The number of carbonyl (C=O) groups excluding carboxylic acids is 2. The normalized spacial score (nSPS) is 21.3. The van der Waals surface area contributed by atoms with Crippen molar-refractivity contribution in [1.82, 2.24) is 0 Å². The Morgan fingerprint density at radius 2 is 2.21 bits per heavy atom. The number of nitrogens with one attached hydrogen (secondary N) is 1. The topological polar surface area (TPSA) is 59.8 Å². The fourth-order valence-corrected chi connectivity index (χ4v) is 2.11. The van der Waals surface area contributed by atoms with E-state index in [9.17, 15) is 9.59 Å². The Bertz CT molecular complexity index is 633. The Labute approximate surface area is 114 Å². The van der Waals surface area contributed by atoms with Crippen LogP contribution in [-0.2, 0) is 19.9 Å². The second-order valence-electron chi connectivity index (χ2n) is 3.91. The van der Waals surface area contributed by atoms with Crippen molar-refractivity contribution in [2.24, 2.45) is 0 Å². The molecule has 0 bridgehead atoms. The van der Waals surface area contributed by atoms with E-state index < -0.39 is 17.5 Å². The van der Waals surface area contributed by atoms with Gasteiger partial charge in [-0.15, -0.1) is 11.6 Å². The van der Waals surface area contributed by atoms with Gasteiger partial charge in [-0.3, -0.25) is 9.59 Å². The zero-order valence-corrected chi connectivity index (χ0v) is 10.7. The van der Waals surface area contributed by atoms with E-state index in [0.717, 1.165) is 6.08 Å². The van der Waals surface area contributed by atoms with Crippen molar-refractivity contribution in [3.63, 3.8) is 0 Å². The third-order valence-corrected chi connectivity index (χ3v) is 2.84. The smallest absolute Gasteiger partial charge is 0.304 e. The summed E-state index contributed by atoms with van der Waals surface area (Å²) in [5.74, 6) is -1.19. The number of hydrogen-bond acceptors (Lipinski definition) is 3. The molecule has 1 aromatic carbocycles. The highest BCUT2D eigenvalue weighted by Gasteiger charge is 2.48. The van der Waals surface area contributed by atoms with Crippen molar-refractivity contribution < 1.29 is 14.3 Å². The van der Waals surface area contributed by atoms with E-state index >= 15 is 0 Å². The lowest BCUT2D eigenvalue weighted by molar-refractivity contribution is -0.159. The second-order valence-corrected chi connectivity index (χ2v) is 4.30. The molecule has 1 N–H and O–H groups in total. The maximum atomic E-state index is 12.1. The number of nitrogens with zero attached hydrogens (tertiary/aromatic N) is 1. The molecule has 1 aliphatic rings.